The van der Waals surface area contributed by atoms with Gasteiger partial charge in [0.05, 0.1) is 0 Å². The Morgan fingerprint density at radius 3 is 0.542 bits per heavy atom. The van der Waals surface area contributed by atoms with E-state index in [4.69, 9.17) is 0 Å². The molecule has 0 fully saturated rings. The van der Waals surface area contributed by atoms with E-state index in [-0.39, 0.29) is 0 Å². The van der Waals surface area contributed by atoms with Crippen molar-refractivity contribution >= 4 is 34.1 Å². The van der Waals surface area contributed by atoms with Gasteiger partial charge in [-0.25, -0.2) is 0 Å². The first kappa shape index (κ1) is 30.8. The molecule has 234 valence electrons. The van der Waals surface area contributed by atoms with E-state index in [9.17, 15) is 0 Å². The predicted molar refractivity (Wildman–Crippen MR) is 206 cm³/mol. The zero-order valence-electron chi connectivity index (χ0n) is 28.1. The molecular weight excluding hydrogens is 581 g/mol. The van der Waals surface area contributed by atoms with Gasteiger partial charge in [-0.15, -0.1) is 0 Å². The highest BCUT2D eigenvalue weighted by molar-refractivity contribution is 5.81. The maximum absolute atomic E-state index is 2.31. The average Bonchev–Trinajstić information content (AvgIpc) is 3.12. The summed E-state index contributed by atoms with van der Waals surface area (Å²) in [6.07, 6.45) is 0. The summed E-state index contributed by atoms with van der Waals surface area (Å²) in [5, 5.41) is 0. The van der Waals surface area contributed by atoms with Crippen LogP contribution in [0.25, 0.3) is 22.3 Å². The molecule has 0 bridgehead atoms. The Kier molecular flexibility index (Phi) is 8.64. The number of benzene rings is 7. The molecule has 2 heteroatoms. The molecule has 0 radical (unpaired) electrons. The van der Waals surface area contributed by atoms with Crippen LogP contribution in [0, 0.1) is 27.7 Å². The van der Waals surface area contributed by atoms with Crippen molar-refractivity contribution in [1.29, 1.82) is 0 Å². The van der Waals surface area contributed by atoms with E-state index < -0.39 is 0 Å². The minimum absolute atomic E-state index is 1.13. The third-order valence-corrected chi connectivity index (χ3v) is 8.97. The van der Waals surface area contributed by atoms with Crippen molar-refractivity contribution in [3.8, 4) is 22.3 Å². The van der Waals surface area contributed by atoms with Gasteiger partial charge in [0.2, 0.25) is 0 Å². The van der Waals surface area contributed by atoms with Gasteiger partial charge in [0.25, 0.3) is 0 Å². The third-order valence-electron chi connectivity index (χ3n) is 8.97. The second kappa shape index (κ2) is 13.5. The maximum Gasteiger partial charge on any atom is 0.0462 e. The van der Waals surface area contributed by atoms with Gasteiger partial charge >= 0.3 is 0 Å². The molecule has 0 aromatic heterocycles. The van der Waals surface area contributed by atoms with Crippen LogP contribution in [0.2, 0.25) is 0 Å². The molecule has 48 heavy (non-hydrogen) atoms. The van der Waals surface area contributed by atoms with Crippen LogP contribution in [0.4, 0.5) is 34.1 Å². The summed E-state index contributed by atoms with van der Waals surface area (Å²) in [6.45, 7) is 8.51. The molecule has 7 aromatic rings. The van der Waals surface area contributed by atoms with Gasteiger partial charge in [-0.1, -0.05) is 119 Å². The number of rotatable bonds is 8. The zero-order valence-corrected chi connectivity index (χ0v) is 28.1. The highest BCUT2D eigenvalue weighted by Gasteiger charge is 2.14. The van der Waals surface area contributed by atoms with Crippen molar-refractivity contribution in [2.75, 3.05) is 9.80 Å². The van der Waals surface area contributed by atoms with Crippen molar-refractivity contribution in [2.24, 2.45) is 0 Å². The van der Waals surface area contributed by atoms with Crippen LogP contribution in [-0.2, 0) is 0 Å². The zero-order chi connectivity index (χ0) is 33.0. The van der Waals surface area contributed by atoms with Gasteiger partial charge in [-0.2, -0.15) is 0 Å². The van der Waals surface area contributed by atoms with E-state index in [0.29, 0.717) is 0 Å². The summed E-state index contributed by atoms with van der Waals surface area (Å²) in [4.78, 5) is 4.63. The fraction of sp³-hybridized carbons (Fsp3) is 0.0870. The molecule has 0 aliphatic rings. The highest BCUT2D eigenvalue weighted by Crippen LogP contribution is 2.38. The molecule has 0 heterocycles. The van der Waals surface area contributed by atoms with E-state index in [1.54, 1.807) is 0 Å². The van der Waals surface area contributed by atoms with Gasteiger partial charge in [0, 0.05) is 34.1 Å². The van der Waals surface area contributed by atoms with Gasteiger partial charge < -0.3 is 9.80 Å². The summed E-state index contributed by atoms with van der Waals surface area (Å²) in [5.41, 5.74) is 16.7. The Bertz CT molecular complexity index is 1840. The van der Waals surface area contributed by atoms with E-state index in [2.05, 4.69) is 207 Å². The molecular formula is C46H40N2. The lowest BCUT2D eigenvalue weighted by Gasteiger charge is -2.26. The molecule has 0 aliphatic carbocycles. The lowest BCUT2D eigenvalue weighted by molar-refractivity contribution is 1.27. The number of hydrogen-bond donors (Lipinski definition) is 0. The predicted octanol–water partition coefficient (Wildman–Crippen LogP) is 13.2. The normalized spacial score (nSPS) is 10.9. The van der Waals surface area contributed by atoms with Gasteiger partial charge in [-0.05, 0) is 123 Å². The molecule has 0 spiro atoms. The monoisotopic (exact) mass is 620 g/mol. The SMILES string of the molecule is Cc1ccc(N(c2ccc(C)cc2)c2ccc(-c3ccc(-c4ccc(N(c5ccc(C)cc5)c5ccc(C)cc5)cc4)cc3)cc2)cc1. The minimum Gasteiger partial charge on any atom is -0.311 e. The highest BCUT2D eigenvalue weighted by atomic mass is 15.1. The van der Waals surface area contributed by atoms with Crippen LogP contribution in [0.15, 0.2) is 170 Å². The van der Waals surface area contributed by atoms with Crippen molar-refractivity contribution in [2.45, 2.75) is 27.7 Å². The first-order valence-electron chi connectivity index (χ1n) is 16.6. The first-order chi connectivity index (χ1) is 23.4. The Balaban J connectivity index is 1.13. The average molecular weight is 621 g/mol. The Morgan fingerprint density at radius 2 is 0.354 bits per heavy atom. The number of nitrogens with zero attached hydrogens (tertiary/aromatic N) is 2. The molecule has 0 aliphatic heterocycles. The number of hydrogen-bond acceptors (Lipinski definition) is 2. The summed E-state index contributed by atoms with van der Waals surface area (Å²) in [5.74, 6) is 0. The molecule has 0 saturated carbocycles. The molecule has 0 unspecified atom stereocenters. The lowest BCUT2D eigenvalue weighted by atomic mass is 9.99. The Hall–Kier alpha value is -5.86. The van der Waals surface area contributed by atoms with Crippen LogP contribution in [0.3, 0.4) is 0 Å². The van der Waals surface area contributed by atoms with Gasteiger partial charge in [-0.3, -0.25) is 0 Å². The number of aryl methyl sites for hydroxylation is 4. The largest absolute Gasteiger partial charge is 0.311 e. The molecule has 2 nitrogen and oxygen atoms in total. The summed E-state index contributed by atoms with van der Waals surface area (Å²) in [7, 11) is 0. The van der Waals surface area contributed by atoms with E-state index in [1.165, 1.54) is 44.5 Å². The fourth-order valence-electron chi connectivity index (χ4n) is 6.13. The third kappa shape index (κ3) is 6.65. The summed E-state index contributed by atoms with van der Waals surface area (Å²) >= 11 is 0. The Labute approximate surface area is 285 Å². The second-order valence-electron chi connectivity index (χ2n) is 12.7. The van der Waals surface area contributed by atoms with Crippen LogP contribution in [-0.4, -0.2) is 0 Å². The van der Waals surface area contributed by atoms with E-state index >= 15 is 0 Å². The summed E-state index contributed by atoms with van der Waals surface area (Å²) < 4.78 is 0. The fourth-order valence-corrected chi connectivity index (χ4v) is 6.13. The lowest BCUT2D eigenvalue weighted by Crippen LogP contribution is -2.09. The quantitative estimate of drug-likeness (QED) is 0.167. The molecule has 0 amide bonds. The van der Waals surface area contributed by atoms with Crippen molar-refractivity contribution in [3.05, 3.63) is 192 Å². The standard InChI is InChI=1S/C46H40N2/c1-33-5-21-41(22-6-33)47(42-23-7-34(2)8-24-42)45-29-17-39(18-30-45)37-13-15-38(16-14-37)40-19-31-46(32-20-40)48(43-25-9-35(3)10-26-43)44-27-11-36(4)12-28-44/h5-32H,1-4H3. The van der Waals surface area contributed by atoms with E-state index in [1.807, 2.05) is 0 Å². The van der Waals surface area contributed by atoms with Crippen LogP contribution >= 0.6 is 0 Å². The van der Waals surface area contributed by atoms with Gasteiger partial charge in [0.15, 0.2) is 0 Å². The van der Waals surface area contributed by atoms with Crippen molar-refractivity contribution in [3.63, 3.8) is 0 Å². The maximum atomic E-state index is 2.31. The van der Waals surface area contributed by atoms with Crippen LogP contribution < -0.4 is 9.80 Å². The van der Waals surface area contributed by atoms with Crippen LogP contribution in [0.5, 0.6) is 0 Å². The van der Waals surface area contributed by atoms with Crippen molar-refractivity contribution < 1.29 is 0 Å². The second-order valence-corrected chi connectivity index (χ2v) is 12.7. The molecule has 7 rings (SSSR count). The van der Waals surface area contributed by atoms with E-state index in [0.717, 1.165) is 34.1 Å². The molecule has 0 N–H and O–H groups in total. The Morgan fingerprint density at radius 1 is 0.208 bits per heavy atom. The number of anilines is 6. The van der Waals surface area contributed by atoms with Crippen LogP contribution in [0.1, 0.15) is 22.3 Å². The first-order valence-corrected chi connectivity index (χ1v) is 16.6. The minimum atomic E-state index is 1.13. The molecule has 0 saturated heterocycles. The molecule has 7 aromatic carbocycles. The topological polar surface area (TPSA) is 6.48 Å². The van der Waals surface area contributed by atoms with Crippen molar-refractivity contribution in [1.82, 2.24) is 0 Å². The smallest absolute Gasteiger partial charge is 0.0462 e. The van der Waals surface area contributed by atoms with Gasteiger partial charge in [0.1, 0.15) is 0 Å². The summed E-state index contributed by atoms with van der Waals surface area (Å²) in [6, 6.07) is 61.5. The molecule has 0 atom stereocenters.